The van der Waals surface area contributed by atoms with Gasteiger partial charge in [0.2, 0.25) is 5.91 Å². The van der Waals surface area contributed by atoms with E-state index < -0.39 is 5.91 Å². The Balaban J connectivity index is 1.48. The predicted molar refractivity (Wildman–Crippen MR) is 104 cm³/mol. The van der Waals surface area contributed by atoms with E-state index in [1.54, 1.807) is 40.1 Å². The van der Waals surface area contributed by atoms with E-state index in [-0.39, 0.29) is 23.8 Å². The molecule has 8 heteroatoms. The number of aromatic nitrogens is 3. The number of carbonyl (C=O) groups excluding carboxylic acids is 2. The van der Waals surface area contributed by atoms with Gasteiger partial charge in [-0.05, 0) is 25.0 Å². The number of H-pyrrole nitrogens is 1. The highest BCUT2D eigenvalue weighted by Crippen LogP contribution is 2.27. The first-order valence-electron chi connectivity index (χ1n) is 9.23. The Morgan fingerprint density at radius 2 is 1.96 bits per heavy atom. The molecule has 0 bridgehead atoms. The number of nitrogens with one attached hydrogen (secondary N) is 1. The number of primary amides is 1. The van der Waals surface area contributed by atoms with E-state index in [0.29, 0.717) is 29.7 Å². The van der Waals surface area contributed by atoms with Crippen LogP contribution in [0.1, 0.15) is 35.1 Å². The molecule has 144 valence electrons. The molecule has 3 aromatic rings. The maximum absolute atomic E-state index is 12.9. The number of piperidine rings is 1. The van der Waals surface area contributed by atoms with Crippen LogP contribution in [0.4, 0.5) is 0 Å². The first-order valence-corrected chi connectivity index (χ1v) is 9.23. The third-order valence-electron chi connectivity index (χ3n) is 5.19. The molecule has 1 fully saturated rings. The van der Waals surface area contributed by atoms with Gasteiger partial charge >= 0.3 is 0 Å². The number of nitrogens with zero attached hydrogens (tertiary/aromatic N) is 3. The molecule has 4 rings (SSSR count). The van der Waals surface area contributed by atoms with Crippen LogP contribution in [-0.2, 0) is 11.3 Å². The van der Waals surface area contributed by atoms with Gasteiger partial charge in [0.05, 0.1) is 0 Å². The first kappa shape index (κ1) is 18.0. The van der Waals surface area contributed by atoms with Gasteiger partial charge in [0, 0.05) is 48.4 Å². The van der Waals surface area contributed by atoms with Crippen molar-refractivity contribution in [1.82, 2.24) is 19.4 Å². The van der Waals surface area contributed by atoms with Crippen molar-refractivity contribution in [3.05, 3.63) is 64.5 Å². The van der Waals surface area contributed by atoms with Gasteiger partial charge < -0.3 is 20.2 Å². The van der Waals surface area contributed by atoms with Gasteiger partial charge in [0.25, 0.3) is 5.91 Å². The smallest absolute Gasteiger partial charge is 0.270 e. The van der Waals surface area contributed by atoms with Crippen molar-refractivity contribution < 1.29 is 9.59 Å². The van der Waals surface area contributed by atoms with Crippen molar-refractivity contribution in [3.63, 3.8) is 0 Å². The van der Waals surface area contributed by atoms with Crippen LogP contribution in [0.25, 0.3) is 10.9 Å². The summed E-state index contributed by atoms with van der Waals surface area (Å²) < 4.78 is 1.77. The van der Waals surface area contributed by atoms with Gasteiger partial charge in [-0.3, -0.25) is 14.4 Å². The fraction of sp³-hybridized carbons (Fsp3) is 0.300. The second kappa shape index (κ2) is 7.30. The highest BCUT2D eigenvalue weighted by Gasteiger charge is 2.27. The number of nitrogens with two attached hydrogens (primary N) is 1. The maximum Gasteiger partial charge on any atom is 0.270 e. The minimum absolute atomic E-state index is 0.104. The molecule has 2 amide bonds. The zero-order valence-electron chi connectivity index (χ0n) is 15.3. The quantitative estimate of drug-likeness (QED) is 0.709. The van der Waals surface area contributed by atoms with Crippen molar-refractivity contribution in [2.45, 2.75) is 25.3 Å². The van der Waals surface area contributed by atoms with Gasteiger partial charge in [-0.15, -0.1) is 0 Å². The van der Waals surface area contributed by atoms with Crippen molar-refractivity contribution in [2.24, 2.45) is 5.73 Å². The number of carbonyl (C=O) groups is 2. The monoisotopic (exact) mass is 379 g/mol. The molecule has 1 saturated heterocycles. The molecule has 0 radical (unpaired) electrons. The van der Waals surface area contributed by atoms with Gasteiger partial charge in [0.15, 0.2) is 5.43 Å². The Hall–Kier alpha value is -3.42. The molecule has 3 N–H and O–H groups in total. The Bertz CT molecular complexity index is 1090. The SMILES string of the molecule is NC(=O)Cn1ccnc1C1CCN(C(=O)c2cc(=O)c3ccccc3[nH]2)CC1. The van der Waals surface area contributed by atoms with E-state index in [0.717, 1.165) is 18.7 Å². The van der Waals surface area contributed by atoms with Crippen LogP contribution in [0.15, 0.2) is 47.5 Å². The molecule has 28 heavy (non-hydrogen) atoms. The highest BCUT2D eigenvalue weighted by atomic mass is 16.2. The maximum atomic E-state index is 12.9. The number of imidazole rings is 1. The standard InChI is InChI=1S/C20H21N5O3/c21-18(27)12-25-10-7-22-19(25)13-5-8-24(9-6-13)20(28)16-11-17(26)14-3-1-2-4-15(14)23-16/h1-4,7,10-11,13H,5-6,8-9,12H2,(H2,21,27)(H,23,26). The van der Waals surface area contributed by atoms with Crippen LogP contribution < -0.4 is 11.2 Å². The summed E-state index contributed by atoms with van der Waals surface area (Å²) in [5, 5.41) is 0.569. The zero-order chi connectivity index (χ0) is 19.7. The molecule has 0 unspecified atom stereocenters. The van der Waals surface area contributed by atoms with Crippen LogP contribution in [-0.4, -0.2) is 44.3 Å². The summed E-state index contributed by atoms with van der Waals surface area (Å²) in [5.74, 6) is 0.396. The van der Waals surface area contributed by atoms with E-state index in [1.165, 1.54) is 6.07 Å². The Morgan fingerprint density at radius 3 is 2.71 bits per heavy atom. The van der Waals surface area contributed by atoms with Crippen LogP contribution >= 0.6 is 0 Å². The summed E-state index contributed by atoms with van der Waals surface area (Å²) in [6.45, 7) is 1.22. The second-order valence-electron chi connectivity index (χ2n) is 7.04. The van der Waals surface area contributed by atoms with E-state index in [4.69, 9.17) is 5.73 Å². The van der Waals surface area contributed by atoms with Gasteiger partial charge in [0.1, 0.15) is 18.1 Å². The lowest BCUT2D eigenvalue weighted by Gasteiger charge is -2.31. The number of para-hydroxylation sites is 1. The molecule has 0 aliphatic carbocycles. The molecule has 2 aromatic heterocycles. The van der Waals surface area contributed by atoms with E-state index in [9.17, 15) is 14.4 Å². The summed E-state index contributed by atoms with van der Waals surface area (Å²) in [7, 11) is 0. The topological polar surface area (TPSA) is 114 Å². The minimum atomic E-state index is -0.410. The Kier molecular flexibility index (Phi) is 4.68. The molecule has 0 saturated carbocycles. The van der Waals surface area contributed by atoms with Crippen molar-refractivity contribution >= 4 is 22.7 Å². The molecule has 1 aliphatic rings. The summed E-state index contributed by atoms with van der Waals surface area (Å²) in [6, 6.07) is 8.52. The van der Waals surface area contributed by atoms with Crippen LogP contribution in [0.2, 0.25) is 0 Å². The number of amides is 2. The fourth-order valence-corrected chi connectivity index (χ4v) is 3.81. The average molecular weight is 379 g/mol. The van der Waals surface area contributed by atoms with Gasteiger partial charge in [-0.1, -0.05) is 12.1 Å². The minimum Gasteiger partial charge on any atom is -0.368 e. The number of hydrogen-bond acceptors (Lipinski definition) is 4. The van der Waals surface area contributed by atoms with E-state index in [2.05, 4.69) is 9.97 Å². The van der Waals surface area contributed by atoms with Crippen molar-refractivity contribution in [1.29, 1.82) is 0 Å². The molecule has 8 nitrogen and oxygen atoms in total. The third-order valence-corrected chi connectivity index (χ3v) is 5.19. The first-order chi connectivity index (χ1) is 13.5. The predicted octanol–water partition coefficient (Wildman–Crippen LogP) is 1.23. The lowest BCUT2D eigenvalue weighted by Crippen LogP contribution is -2.39. The molecule has 0 atom stereocenters. The second-order valence-corrected chi connectivity index (χ2v) is 7.04. The molecule has 3 heterocycles. The molecular formula is C20H21N5O3. The van der Waals surface area contributed by atoms with Crippen molar-refractivity contribution in [3.8, 4) is 0 Å². The summed E-state index contributed by atoms with van der Waals surface area (Å²) in [4.78, 5) is 45.6. The van der Waals surface area contributed by atoms with E-state index >= 15 is 0 Å². The number of benzene rings is 1. The number of hydrogen-bond donors (Lipinski definition) is 2. The molecule has 0 spiro atoms. The summed E-state index contributed by atoms with van der Waals surface area (Å²) >= 11 is 0. The number of pyridine rings is 1. The molecule has 1 aromatic carbocycles. The number of fused-ring (bicyclic) bond motifs is 1. The average Bonchev–Trinajstić information content (AvgIpc) is 3.15. The number of aromatic amines is 1. The Labute approximate surface area is 161 Å². The summed E-state index contributed by atoms with van der Waals surface area (Å²) in [6.07, 6.45) is 4.88. The highest BCUT2D eigenvalue weighted by molar-refractivity contribution is 5.94. The van der Waals surface area contributed by atoms with E-state index in [1.807, 2.05) is 6.07 Å². The van der Waals surface area contributed by atoms with Crippen LogP contribution in [0, 0.1) is 0 Å². The van der Waals surface area contributed by atoms with Gasteiger partial charge in [-0.2, -0.15) is 0 Å². The van der Waals surface area contributed by atoms with Crippen LogP contribution in [0.5, 0.6) is 0 Å². The normalized spacial score (nSPS) is 15.1. The third kappa shape index (κ3) is 3.40. The zero-order valence-corrected chi connectivity index (χ0v) is 15.3. The number of rotatable bonds is 4. The lowest BCUT2D eigenvalue weighted by molar-refractivity contribution is -0.118. The molecular weight excluding hydrogens is 358 g/mol. The largest absolute Gasteiger partial charge is 0.368 e. The fourth-order valence-electron chi connectivity index (χ4n) is 3.81. The molecule has 1 aliphatic heterocycles. The summed E-state index contributed by atoms with van der Waals surface area (Å²) in [5.41, 5.74) is 6.08. The van der Waals surface area contributed by atoms with Crippen molar-refractivity contribution in [2.75, 3.05) is 13.1 Å². The van der Waals surface area contributed by atoms with Gasteiger partial charge in [-0.25, -0.2) is 4.98 Å². The lowest BCUT2D eigenvalue weighted by atomic mass is 9.95. The van der Waals surface area contributed by atoms with Crippen LogP contribution in [0.3, 0.4) is 0 Å². The Morgan fingerprint density at radius 1 is 1.21 bits per heavy atom. The number of likely N-dealkylation sites (tertiary alicyclic amines) is 1.